The molecule has 0 aliphatic carbocycles. The second-order valence-corrected chi connectivity index (χ2v) is 5.72. The summed E-state index contributed by atoms with van der Waals surface area (Å²) >= 11 is 0. The quantitative estimate of drug-likeness (QED) is 0.833. The van der Waals surface area contributed by atoms with Gasteiger partial charge in [0.2, 0.25) is 5.91 Å². The van der Waals surface area contributed by atoms with Gasteiger partial charge in [-0.3, -0.25) is 4.79 Å². The van der Waals surface area contributed by atoms with Gasteiger partial charge in [0, 0.05) is 19.0 Å². The van der Waals surface area contributed by atoms with Crippen molar-refractivity contribution in [2.75, 3.05) is 13.1 Å². The fraction of sp³-hybridized carbons (Fsp3) is 0.467. The molecule has 1 aromatic carbocycles. The van der Waals surface area contributed by atoms with Crippen LogP contribution >= 0.6 is 0 Å². The highest BCUT2D eigenvalue weighted by Crippen LogP contribution is 2.16. The van der Waals surface area contributed by atoms with Crippen molar-refractivity contribution in [1.29, 1.82) is 0 Å². The summed E-state index contributed by atoms with van der Waals surface area (Å²) in [5.41, 5.74) is 0.726. The molecule has 1 aliphatic rings. The fourth-order valence-corrected chi connectivity index (χ4v) is 2.78. The molecule has 1 saturated heterocycles. The van der Waals surface area contributed by atoms with Crippen molar-refractivity contribution in [1.82, 2.24) is 30.8 Å². The molecular weight excluding hydrogens is 299 g/mol. The summed E-state index contributed by atoms with van der Waals surface area (Å²) in [5, 5.41) is 17.6. The van der Waals surface area contributed by atoms with Crippen LogP contribution in [0.1, 0.15) is 23.9 Å². The molecule has 2 aromatic rings. The highest BCUT2D eigenvalue weighted by molar-refractivity contribution is 5.81. The second-order valence-electron chi connectivity index (χ2n) is 5.72. The molecule has 1 amide bonds. The largest absolute Gasteiger partial charge is 0.350 e. The van der Waals surface area contributed by atoms with Gasteiger partial charge in [-0.15, -0.1) is 5.10 Å². The molecule has 122 valence electrons. The van der Waals surface area contributed by atoms with Crippen LogP contribution in [0, 0.1) is 12.7 Å². The summed E-state index contributed by atoms with van der Waals surface area (Å²) in [6.07, 6.45) is 1.22. The van der Waals surface area contributed by atoms with E-state index in [9.17, 15) is 9.18 Å². The number of aryl methyl sites for hydroxylation is 1. The third kappa shape index (κ3) is 3.70. The lowest BCUT2D eigenvalue weighted by atomic mass is 10.0. The number of carbonyl (C=O) groups is 1. The third-order valence-electron chi connectivity index (χ3n) is 3.98. The van der Waals surface area contributed by atoms with Crippen LogP contribution in [0.5, 0.6) is 0 Å². The maximum absolute atomic E-state index is 13.4. The Morgan fingerprint density at radius 3 is 3.09 bits per heavy atom. The fourth-order valence-electron chi connectivity index (χ4n) is 2.78. The summed E-state index contributed by atoms with van der Waals surface area (Å²) in [5.74, 6) is 0.0690. The van der Waals surface area contributed by atoms with Gasteiger partial charge in [0.1, 0.15) is 17.7 Å². The number of benzene rings is 1. The zero-order valence-electron chi connectivity index (χ0n) is 12.9. The number of hydrogen-bond donors (Lipinski definition) is 2. The monoisotopic (exact) mass is 318 g/mol. The molecule has 1 aromatic heterocycles. The normalized spacial score (nSPS) is 18.8. The van der Waals surface area contributed by atoms with Crippen LogP contribution in [0.25, 0.3) is 0 Å². The molecule has 0 spiro atoms. The summed E-state index contributed by atoms with van der Waals surface area (Å²) in [4.78, 5) is 12.7. The van der Waals surface area contributed by atoms with Crippen LogP contribution < -0.4 is 10.6 Å². The molecule has 0 radical (unpaired) electrons. The minimum absolute atomic E-state index is 0.106. The first-order valence-corrected chi connectivity index (χ1v) is 7.63. The Bertz CT molecular complexity index is 682. The summed E-state index contributed by atoms with van der Waals surface area (Å²) < 4.78 is 14.9. The summed E-state index contributed by atoms with van der Waals surface area (Å²) in [6, 6.07) is 5.73. The topological polar surface area (TPSA) is 84.7 Å². The molecule has 1 aliphatic heterocycles. The maximum atomic E-state index is 13.4. The molecule has 0 bridgehead atoms. The van der Waals surface area contributed by atoms with E-state index in [1.54, 1.807) is 19.1 Å². The van der Waals surface area contributed by atoms with Crippen LogP contribution in [0.3, 0.4) is 0 Å². The smallest absolute Gasteiger partial charge is 0.245 e. The molecule has 2 atom stereocenters. The Kier molecular flexibility index (Phi) is 4.61. The Labute approximate surface area is 133 Å². The second kappa shape index (κ2) is 6.82. The van der Waals surface area contributed by atoms with Crippen LogP contribution in [-0.2, 0) is 11.2 Å². The van der Waals surface area contributed by atoms with Crippen molar-refractivity contribution in [3.63, 3.8) is 0 Å². The van der Waals surface area contributed by atoms with Gasteiger partial charge in [0.15, 0.2) is 0 Å². The molecule has 2 heterocycles. The average molecular weight is 318 g/mol. The molecule has 0 saturated carbocycles. The van der Waals surface area contributed by atoms with E-state index in [2.05, 4.69) is 26.2 Å². The van der Waals surface area contributed by atoms with Gasteiger partial charge < -0.3 is 10.6 Å². The predicted octanol–water partition coefficient (Wildman–Crippen LogP) is 0.383. The molecule has 3 rings (SSSR count). The van der Waals surface area contributed by atoms with Crippen LogP contribution in [0.4, 0.5) is 4.39 Å². The minimum atomic E-state index is -0.604. The van der Waals surface area contributed by atoms with Gasteiger partial charge in [-0.2, -0.15) is 0 Å². The van der Waals surface area contributed by atoms with Gasteiger partial charge in [-0.1, -0.05) is 12.1 Å². The highest BCUT2D eigenvalue weighted by atomic mass is 19.1. The third-order valence-corrected chi connectivity index (χ3v) is 3.98. The first-order chi connectivity index (χ1) is 11.1. The van der Waals surface area contributed by atoms with E-state index in [0.29, 0.717) is 12.2 Å². The molecular formula is C15H19FN6O. The Balaban J connectivity index is 1.81. The van der Waals surface area contributed by atoms with E-state index < -0.39 is 6.04 Å². The summed E-state index contributed by atoms with van der Waals surface area (Å²) in [7, 11) is 0. The SMILES string of the molecule is Cc1nnnn1C(Cc1cccc(F)c1)C(=O)NC1CCNC1. The predicted molar refractivity (Wildman–Crippen MR) is 81.1 cm³/mol. The van der Waals surface area contributed by atoms with Crippen molar-refractivity contribution in [3.05, 3.63) is 41.5 Å². The Hall–Kier alpha value is -2.35. The van der Waals surface area contributed by atoms with Crippen molar-refractivity contribution in [2.45, 2.75) is 31.8 Å². The first-order valence-electron chi connectivity index (χ1n) is 7.63. The number of nitrogens with one attached hydrogen (secondary N) is 2. The lowest BCUT2D eigenvalue weighted by molar-refractivity contribution is -0.125. The van der Waals surface area contributed by atoms with E-state index >= 15 is 0 Å². The number of halogens is 1. The maximum Gasteiger partial charge on any atom is 0.245 e. The molecule has 1 fully saturated rings. The molecule has 2 unspecified atom stereocenters. The number of nitrogens with zero attached hydrogens (tertiary/aromatic N) is 4. The zero-order chi connectivity index (χ0) is 16.2. The van der Waals surface area contributed by atoms with Gasteiger partial charge in [0.25, 0.3) is 0 Å². The van der Waals surface area contributed by atoms with Crippen molar-refractivity contribution >= 4 is 5.91 Å². The van der Waals surface area contributed by atoms with Crippen LogP contribution in [0.15, 0.2) is 24.3 Å². The number of aromatic nitrogens is 4. The lowest BCUT2D eigenvalue weighted by Gasteiger charge is -2.20. The van der Waals surface area contributed by atoms with Gasteiger partial charge >= 0.3 is 0 Å². The number of hydrogen-bond acceptors (Lipinski definition) is 5. The van der Waals surface area contributed by atoms with Gasteiger partial charge in [-0.05, 0) is 48.0 Å². The van der Waals surface area contributed by atoms with Gasteiger partial charge in [0.05, 0.1) is 0 Å². The highest BCUT2D eigenvalue weighted by Gasteiger charge is 2.27. The number of amides is 1. The molecule has 23 heavy (non-hydrogen) atoms. The van der Waals surface area contributed by atoms with Crippen LogP contribution in [-0.4, -0.2) is 45.2 Å². The average Bonchev–Trinajstić information content (AvgIpc) is 3.16. The molecule has 7 nitrogen and oxygen atoms in total. The van der Waals surface area contributed by atoms with E-state index in [-0.39, 0.29) is 17.8 Å². The number of carbonyl (C=O) groups excluding carboxylic acids is 1. The van der Waals surface area contributed by atoms with E-state index in [4.69, 9.17) is 0 Å². The van der Waals surface area contributed by atoms with E-state index in [0.717, 1.165) is 25.1 Å². The van der Waals surface area contributed by atoms with E-state index in [1.807, 2.05) is 0 Å². The zero-order valence-corrected chi connectivity index (χ0v) is 12.9. The van der Waals surface area contributed by atoms with Crippen LogP contribution in [0.2, 0.25) is 0 Å². The van der Waals surface area contributed by atoms with Crippen molar-refractivity contribution < 1.29 is 9.18 Å². The Morgan fingerprint density at radius 1 is 1.57 bits per heavy atom. The van der Waals surface area contributed by atoms with Crippen molar-refractivity contribution in [2.24, 2.45) is 0 Å². The standard InChI is InChI=1S/C15H19FN6O/c1-10-19-20-21-22(10)14(8-11-3-2-4-12(16)7-11)15(23)18-13-5-6-17-9-13/h2-4,7,13-14,17H,5-6,8-9H2,1H3,(H,18,23). The lowest BCUT2D eigenvalue weighted by Crippen LogP contribution is -2.42. The number of tetrazole rings is 1. The van der Waals surface area contributed by atoms with Crippen molar-refractivity contribution in [3.8, 4) is 0 Å². The number of rotatable bonds is 5. The summed E-state index contributed by atoms with van der Waals surface area (Å²) in [6.45, 7) is 3.39. The van der Waals surface area contributed by atoms with Gasteiger partial charge in [-0.25, -0.2) is 9.07 Å². The molecule has 2 N–H and O–H groups in total. The first kappa shape index (κ1) is 15.5. The van der Waals surface area contributed by atoms with E-state index in [1.165, 1.54) is 16.8 Å². The Morgan fingerprint density at radius 2 is 2.43 bits per heavy atom. The molecule has 8 heteroatoms. The minimum Gasteiger partial charge on any atom is -0.350 e.